The number of rotatable bonds is 7. The zero-order chi connectivity index (χ0) is 31.0. The van der Waals surface area contributed by atoms with Gasteiger partial charge in [0.05, 0.1) is 39.5 Å². The molecule has 2 amide bonds. The van der Waals surface area contributed by atoms with Crippen molar-refractivity contribution in [3.63, 3.8) is 0 Å². The number of hydrogen-bond donors (Lipinski definition) is 3. The molecule has 2 atom stereocenters. The number of carbonyl (C=O) groups is 3. The van der Waals surface area contributed by atoms with Crippen LogP contribution in [0, 0.1) is 5.82 Å². The fourth-order valence-electron chi connectivity index (χ4n) is 6.36. The molecule has 1 fully saturated rings. The molecular weight excluding hydrogens is 583 g/mol. The van der Waals surface area contributed by atoms with Crippen LogP contribution in [0.4, 0.5) is 4.39 Å². The first-order chi connectivity index (χ1) is 21.4. The average Bonchev–Trinajstić information content (AvgIpc) is 3.84. The van der Waals surface area contributed by atoms with Crippen molar-refractivity contribution in [1.29, 1.82) is 0 Å². The van der Waals surface area contributed by atoms with E-state index in [4.69, 9.17) is 9.72 Å². The van der Waals surface area contributed by atoms with E-state index in [-0.39, 0.29) is 52.9 Å². The van der Waals surface area contributed by atoms with Crippen LogP contribution in [0.5, 0.6) is 5.75 Å². The Balaban J connectivity index is 0.00000168. The summed E-state index contributed by atoms with van der Waals surface area (Å²) >= 11 is 1.15. The van der Waals surface area contributed by atoms with Gasteiger partial charge in [-0.2, -0.15) is 0 Å². The molecule has 4 aliphatic rings. The molecule has 0 spiro atoms. The first-order valence-corrected chi connectivity index (χ1v) is 15.7. The number of aromatic nitrogens is 1. The second-order valence-electron chi connectivity index (χ2n) is 10.7. The van der Waals surface area contributed by atoms with Gasteiger partial charge in [0.1, 0.15) is 18.2 Å². The Hall–Kier alpha value is -4.51. The highest BCUT2D eigenvalue weighted by Crippen LogP contribution is 2.46. The van der Waals surface area contributed by atoms with Gasteiger partial charge >= 0.3 is 5.97 Å². The summed E-state index contributed by atoms with van der Waals surface area (Å²) in [4.78, 5) is 47.1. The summed E-state index contributed by atoms with van der Waals surface area (Å²) in [5.41, 5.74) is 3.36. The molecule has 44 heavy (non-hydrogen) atoms. The molecule has 2 aromatic heterocycles. The van der Waals surface area contributed by atoms with Crippen LogP contribution in [-0.2, 0) is 6.61 Å². The van der Waals surface area contributed by atoms with Crippen molar-refractivity contribution in [2.75, 3.05) is 13.1 Å². The molecular formula is C33H33FN4O5S. The molecule has 9 nitrogen and oxygen atoms in total. The minimum Gasteiger partial charge on any atom is -0.487 e. The molecule has 11 heteroatoms. The number of hydrogen-bond acceptors (Lipinski definition) is 7. The van der Waals surface area contributed by atoms with Gasteiger partial charge in [-0.3, -0.25) is 14.6 Å². The summed E-state index contributed by atoms with van der Waals surface area (Å²) < 4.78 is 19.2. The SMILES string of the molecule is CC.O=C(NC1CCC2=C1C=CCN2)c1ccc(-c2c(C(=O)O)c(COc3ccc(F)cc3)nc3c2C(=O)N2CCCC32)s1. The predicted molar refractivity (Wildman–Crippen MR) is 164 cm³/mol. The van der Waals surface area contributed by atoms with Crippen LogP contribution < -0.4 is 15.4 Å². The Labute approximate surface area is 258 Å². The fourth-order valence-corrected chi connectivity index (χ4v) is 7.33. The quantitative estimate of drug-likeness (QED) is 0.305. The Bertz CT molecular complexity index is 1700. The predicted octanol–water partition coefficient (Wildman–Crippen LogP) is 5.85. The number of halogens is 1. The number of thiophene rings is 1. The molecule has 7 rings (SSSR count). The highest BCUT2D eigenvalue weighted by Gasteiger charge is 2.45. The number of benzene rings is 1. The van der Waals surface area contributed by atoms with Crippen molar-refractivity contribution in [2.24, 2.45) is 0 Å². The Morgan fingerprint density at radius 1 is 1.16 bits per heavy atom. The lowest BCUT2D eigenvalue weighted by Gasteiger charge is -2.17. The molecule has 0 saturated carbocycles. The second kappa shape index (κ2) is 12.2. The standard InChI is InChI=1S/C31H27FN4O5S.C2H6/c32-16-5-7-17(8-6-16)41-15-21-25(31(39)40)26(27-28(34-21)22-4-2-14-36(22)30(27)38)23-11-12-24(42-23)29(37)35-20-10-9-19-18(20)3-1-13-33-19;1-2/h1,3,5-8,11-12,20,22,33H,2,4,9-10,13-15H2,(H,35,37)(H,39,40);1-2H3. The summed E-state index contributed by atoms with van der Waals surface area (Å²) in [5.74, 6) is -1.80. The van der Waals surface area contributed by atoms with Gasteiger partial charge in [-0.25, -0.2) is 9.18 Å². The van der Waals surface area contributed by atoms with Crippen molar-refractivity contribution < 1.29 is 28.6 Å². The summed E-state index contributed by atoms with van der Waals surface area (Å²) in [7, 11) is 0. The van der Waals surface area contributed by atoms with Crippen molar-refractivity contribution in [3.05, 3.63) is 93.0 Å². The summed E-state index contributed by atoms with van der Waals surface area (Å²) in [6.07, 6.45) is 7.32. The maximum atomic E-state index is 13.6. The van der Waals surface area contributed by atoms with Gasteiger partial charge < -0.3 is 25.4 Å². The normalized spacial score (nSPS) is 19.5. The van der Waals surface area contributed by atoms with Crippen molar-refractivity contribution >= 4 is 29.1 Å². The van der Waals surface area contributed by atoms with Crippen LogP contribution in [0.25, 0.3) is 10.4 Å². The Morgan fingerprint density at radius 3 is 2.73 bits per heavy atom. The third kappa shape index (κ3) is 5.25. The number of pyridine rings is 1. The number of fused-ring (bicyclic) bond motifs is 3. The number of carboxylic acid groups (broad SMARTS) is 1. The molecule has 1 saturated heterocycles. The largest absolute Gasteiger partial charge is 0.487 e. The topological polar surface area (TPSA) is 121 Å². The smallest absolute Gasteiger partial charge is 0.338 e. The van der Waals surface area contributed by atoms with Crippen LogP contribution in [0.3, 0.4) is 0 Å². The van der Waals surface area contributed by atoms with Crippen molar-refractivity contribution in [1.82, 2.24) is 20.5 Å². The van der Waals surface area contributed by atoms with Crippen molar-refractivity contribution in [3.8, 4) is 16.2 Å². The van der Waals surface area contributed by atoms with E-state index in [0.717, 1.165) is 54.8 Å². The first kappa shape index (κ1) is 29.6. The first-order valence-electron chi connectivity index (χ1n) is 14.9. The molecule has 3 aromatic rings. The third-order valence-corrected chi connectivity index (χ3v) is 9.37. The molecule has 2 unspecified atom stereocenters. The number of aromatic carboxylic acids is 1. The number of allylic oxidation sites excluding steroid dienone is 1. The summed E-state index contributed by atoms with van der Waals surface area (Å²) in [6.45, 7) is 5.17. The highest BCUT2D eigenvalue weighted by atomic mass is 32.1. The minimum absolute atomic E-state index is 0.106. The number of nitrogens with zero attached hydrogens (tertiary/aromatic N) is 2. The maximum Gasteiger partial charge on any atom is 0.338 e. The summed E-state index contributed by atoms with van der Waals surface area (Å²) in [6, 6.07) is 8.46. The Morgan fingerprint density at radius 2 is 1.95 bits per heavy atom. The zero-order valence-electron chi connectivity index (χ0n) is 24.5. The van der Waals surface area contributed by atoms with E-state index in [9.17, 15) is 23.9 Å². The molecule has 0 bridgehead atoms. The van der Waals surface area contributed by atoms with Gasteiger partial charge in [0.2, 0.25) is 0 Å². The number of carboxylic acids is 1. The molecule has 1 aromatic carbocycles. The van der Waals surface area contributed by atoms with E-state index in [1.54, 1.807) is 17.0 Å². The third-order valence-electron chi connectivity index (χ3n) is 8.27. The summed E-state index contributed by atoms with van der Waals surface area (Å²) in [5, 5.41) is 16.9. The molecule has 0 radical (unpaired) electrons. The Kier molecular flexibility index (Phi) is 8.22. The van der Waals surface area contributed by atoms with E-state index in [2.05, 4.69) is 16.7 Å². The van der Waals surface area contributed by atoms with E-state index in [0.29, 0.717) is 27.7 Å². The molecule has 3 N–H and O–H groups in total. The number of carbonyl (C=O) groups excluding carboxylic acids is 2. The maximum absolute atomic E-state index is 13.6. The molecule has 1 aliphatic carbocycles. The number of amides is 2. The monoisotopic (exact) mass is 616 g/mol. The van der Waals surface area contributed by atoms with Crippen LogP contribution in [0.15, 0.2) is 59.8 Å². The van der Waals surface area contributed by atoms with E-state index in [1.165, 1.54) is 24.3 Å². The van der Waals surface area contributed by atoms with Gasteiger partial charge in [0.25, 0.3) is 11.8 Å². The fraction of sp³-hybridized carbons (Fsp3) is 0.333. The van der Waals surface area contributed by atoms with Crippen LogP contribution in [0.2, 0.25) is 0 Å². The number of dihydropyridines is 1. The number of nitrogens with one attached hydrogen (secondary N) is 2. The van der Waals surface area contributed by atoms with Gasteiger partial charge in [0.15, 0.2) is 0 Å². The zero-order valence-corrected chi connectivity index (χ0v) is 25.3. The minimum atomic E-state index is -1.25. The van der Waals surface area contributed by atoms with E-state index >= 15 is 0 Å². The van der Waals surface area contributed by atoms with Crippen LogP contribution in [-0.4, -0.2) is 51.9 Å². The number of ether oxygens (including phenoxy) is 1. The van der Waals surface area contributed by atoms with Crippen LogP contribution in [0.1, 0.15) is 87.3 Å². The van der Waals surface area contributed by atoms with Gasteiger partial charge in [-0.05, 0) is 67.7 Å². The average molecular weight is 617 g/mol. The lowest BCUT2D eigenvalue weighted by Crippen LogP contribution is -2.34. The lowest BCUT2D eigenvalue weighted by molar-refractivity contribution is 0.0693. The highest BCUT2D eigenvalue weighted by molar-refractivity contribution is 7.17. The van der Waals surface area contributed by atoms with Gasteiger partial charge in [0, 0.05) is 29.2 Å². The lowest BCUT2D eigenvalue weighted by atomic mass is 9.95. The molecule has 5 heterocycles. The van der Waals surface area contributed by atoms with E-state index in [1.807, 2.05) is 19.9 Å². The van der Waals surface area contributed by atoms with Gasteiger partial charge in [-0.1, -0.05) is 26.0 Å². The van der Waals surface area contributed by atoms with Crippen molar-refractivity contribution in [2.45, 2.75) is 58.2 Å². The second-order valence-corrected chi connectivity index (χ2v) is 11.8. The molecule has 3 aliphatic heterocycles. The van der Waals surface area contributed by atoms with Crippen LogP contribution >= 0.6 is 11.3 Å². The van der Waals surface area contributed by atoms with Gasteiger partial charge in [-0.15, -0.1) is 11.3 Å². The molecule has 228 valence electrons. The van der Waals surface area contributed by atoms with E-state index < -0.39 is 11.8 Å².